The molecule has 2 aromatic carbocycles. The fourth-order valence-electron chi connectivity index (χ4n) is 2.54. The minimum atomic E-state index is -0.893. The summed E-state index contributed by atoms with van der Waals surface area (Å²) < 4.78 is 0.971. The zero-order chi connectivity index (χ0) is 19.1. The number of hydrogen-bond donors (Lipinski definition) is 5. The van der Waals surface area contributed by atoms with E-state index in [2.05, 4.69) is 33.2 Å². The third-order valence-electron chi connectivity index (χ3n) is 4.05. The van der Waals surface area contributed by atoms with Gasteiger partial charge < -0.3 is 26.0 Å². The molecule has 0 saturated heterocycles. The Morgan fingerprint density at radius 1 is 1.19 bits per heavy atom. The van der Waals surface area contributed by atoms with Crippen molar-refractivity contribution in [2.24, 2.45) is 0 Å². The third-order valence-corrected chi connectivity index (χ3v) is 4.94. The average molecular weight is 470 g/mol. The number of aliphatic hydroxyl groups is 1. The molecule has 2 rings (SSSR count). The number of carbonyl (C=O) groups is 1. The van der Waals surface area contributed by atoms with E-state index in [1.165, 1.54) is 0 Å². The summed E-state index contributed by atoms with van der Waals surface area (Å²) in [6.07, 6.45) is 0.139. The minimum absolute atomic E-state index is 0.108. The second-order valence-corrected chi connectivity index (χ2v) is 7.25. The topological polar surface area (TPSA) is 102 Å². The van der Waals surface area contributed by atoms with Crippen LogP contribution in [0.1, 0.15) is 24.2 Å². The van der Waals surface area contributed by atoms with E-state index in [0.717, 1.165) is 26.8 Å². The van der Waals surface area contributed by atoms with E-state index in [9.17, 15) is 15.0 Å². The van der Waals surface area contributed by atoms with Gasteiger partial charge in [-0.3, -0.25) is 4.79 Å². The molecule has 0 aliphatic rings. The second kappa shape index (κ2) is 9.75. The van der Waals surface area contributed by atoms with E-state index >= 15 is 0 Å². The highest BCUT2D eigenvalue weighted by molar-refractivity contribution is 14.1. The van der Waals surface area contributed by atoms with Crippen LogP contribution in [0.2, 0.25) is 0 Å². The summed E-state index contributed by atoms with van der Waals surface area (Å²) in [5, 5.41) is 34.6. The quantitative estimate of drug-likeness (QED) is 0.362. The number of benzene rings is 2. The van der Waals surface area contributed by atoms with E-state index in [-0.39, 0.29) is 18.3 Å². The molecule has 0 radical (unpaired) electrons. The lowest BCUT2D eigenvalue weighted by Crippen LogP contribution is -2.33. The molecule has 0 fully saturated rings. The van der Waals surface area contributed by atoms with Gasteiger partial charge in [0.1, 0.15) is 12.3 Å². The summed E-state index contributed by atoms with van der Waals surface area (Å²) in [4.78, 5) is 10.6. The molecule has 0 bridgehead atoms. The normalized spacial score (nSPS) is 13.2. The highest BCUT2D eigenvalue weighted by Crippen LogP contribution is 2.21. The van der Waals surface area contributed by atoms with Crippen molar-refractivity contribution in [2.45, 2.75) is 25.5 Å². The number of phenols is 1. The fourth-order valence-corrected chi connectivity index (χ4v) is 3.31. The van der Waals surface area contributed by atoms with E-state index in [4.69, 9.17) is 5.11 Å². The summed E-state index contributed by atoms with van der Waals surface area (Å²) in [6.45, 7) is 2.51. The van der Waals surface area contributed by atoms with Crippen LogP contribution in [0.3, 0.4) is 0 Å². The molecule has 0 heterocycles. The number of aliphatic carboxylic acids is 1. The number of aromatic hydroxyl groups is 1. The number of nitrogens with one attached hydrogen (secondary N) is 2. The molecular formula is C19H23IN2O4. The highest BCUT2D eigenvalue weighted by Gasteiger charge is 2.15. The maximum Gasteiger partial charge on any atom is 0.322 e. The van der Waals surface area contributed by atoms with Crippen LogP contribution in [0.25, 0.3) is 0 Å². The first-order valence-corrected chi connectivity index (χ1v) is 9.39. The first kappa shape index (κ1) is 20.5. The van der Waals surface area contributed by atoms with Crippen LogP contribution < -0.4 is 10.6 Å². The Hall–Kier alpha value is -1.84. The molecule has 140 valence electrons. The van der Waals surface area contributed by atoms with Crippen LogP contribution in [-0.2, 0) is 11.2 Å². The van der Waals surface area contributed by atoms with E-state index in [0.29, 0.717) is 6.54 Å². The lowest BCUT2D eigenvalue weighted by atomic mass is 10.0. The number of anilines is 1. The molecule has 5 N–H and O–H groups in total. The van der Waals surface area contributed by atoms with Crippen molar-refractivity contribution in [3.8, 4) is 5.75 Å². The number of carboxylic acid groups (broad SMARTS) is 1. The molecule has 2 aromatic rings. The van der Waals surface area contributed by atoms with Gasteiger partial charge in [-0.25, -0.2) is 0 Å². The number of rotatable bonds is 9. The predicted molar refractivity (Wildman–Crippen MR) is 110 cm³/mol. The van der Waals surface area contributed by atoms with Gasteiger partial charge in [0, 0.05) is 15.3 Å². The molecule has 0 spiro atoms. The monoisotopic (exact) mass is 470 g/mol. The first-order valence-electron chi connectivity index (χ1n) is 8.31. The summed E-state index contributed by atoms with van der Waals surface area (Å²) in [5.74, 6) is -0.715. The lowest BCUT2D eigenvalue weighted by Gasteiger charge is -2.21. The Bertz CT molecular complexity index is 737. The predicted octanol–water partition coefficient (Wildman–Crippen LogP) is 2.75. The molecule has 0 aromatic heterocycles. The zero-order valence-corrected chi connectivity index (χ0v) is 16.6. The Morgan fingerprint density at radius 2 is 1.88 bits per heavy atom. The van der Waals surface area contributed by atoms with Crippen molar-refractivity contribution < 1.29 is 20.1 Å². The van der Waals surface area contributed by atoms with Crippen LogP contribution >= 0.6 is 22.6 Å². The summed E-state index contributed by atoms with van der Waals surface area (Å²) in [6, 6.07) is 12.3. The van der Waals surface area contributed by atoms with Gasteiger partial charge in [0.25, 0.3) is 0 Å². The molecule has 26 heavy (non-hydrogen) atoms. The number of hydrogen-bond acceptors (Lipinski definition) is 5. The van der Waals surface area contributed by atoms with Crippen molar-refractivity contribution in [3.63, 3.8) is 0 Å². The highest BCUT2D eigenvalue weighted by atomic mass is 127. The van der Waals surface area contributed by atoms with Gasteiger partial charge in [0.05, 0.1) is 6.10 Å². The Morgan fingerprint density at radius 3 is 2.50 bits per heavy atom. The molecule has 0 amide bonds. The average Bonchev–Trinajstić information content (AvgIpc) is 2.60. The fraction of sp³-hybridized carbons (Fsp3) is 0.316. The molecule has 0 aliphatic carbocycles. The van der Waals surface area contributed by atoms with Crippen LogP contribution in [-0.4, -0.2) is 40.4 Å². The van der Waals surface area contributed by atoms with Crippen molar-refractivity contribution in [1.29, 1.82) is 0 Å². The van der Waals surface area contributed by atoms with Crippen LogP contribution in [0.4, 0.5) is 5.69 Å². The van der Waals surface area contributed by atoms with Crippen LogP contribution in [0, 0.1) is 3.57 Å². The number of carboxylic acids is 1. The summed E-state index contributed by atoms with van der Waals surface area (Å²) >= 11 is 2.18. The maximum absolute atomic E-state index is 10.6. The molecular weight excluding hydrogens is 447 g/mol. The Kier molecular flexibility index (Phi) is 7.67. The molecule has 0 unspecified atom stereocenters. The van der Waals surface area contributed by atoms with Gasteiger partial charge in [-0.1, -0.05) is 18.2 Å². The van der Waals surface area contributed by atoms with Gasteiger partial charge >= 0.3 is 5.97 Å². The van der Waals surface area contributed by atoms with Gasteiger partial charge in [-0.15, -0.1) is 0 Å². The maximum atomic E-state index is 10.6. The number of aliphatic hydroxyl groups excluding tert-OH is 1. The molecule has 0 aliphatic heterocycles. The Labute approximate surface area is 166 Å². The molecule has 7 heteroatoms. The first-order chi connectivity index (χ1) is 12.4. The minimum Gasteiger partial charge on any atom is -0.508 e. The van der Waals surface area contributed by atoms with Crippen molar-refractivity contribution in [3.05, 3.63) is 57.2 Å². The Balaban J connectivity index is 1.83. The largest absolute Gasteiger partial charge is 0.508 e. The SMILES string of the molecule is C[C@H](NCCc1ccc(NCC(=O)O)c(I)c1)[C@H](O)c1ccc(O)cc1. The van der Waals surface area contributed by atoms with Gasteiger partial charge in [-0.05, 0) is 77.9 Å². The van der Waals surface area contributed by atoms with E-state index < -0.39 is 12.1 Å². The van der Waals surface area contributed by atoms with Crippen LogP contribution in [0.5, 0.6) is 5.75 Å². The summed E-state index contributed by atoms with van der Waals surface area (Å²) in [5.41, 5.74) is 2.70. The third kappa shape index (κ3) is 6.15. The standard InChI is InChI=1S/C19H23IN2O4/c1-12(19(26)14-3-5-15(23)6-4-14)21-9-8-13-2-7-17(16(20)10-13)22-11-18(24)25/h2-7,10,12,19,21-23,26H,8-9,11H2,1H3,(H,24,25)/t12-,19-/m0/s1. The van der Waals surface area contributed by atoms with Gasteiger partial charge in [-0.2, -0.15) is 0 Å². The van der Waals surface area contributed by atoms with Crippen molar-refractivity contribution in [2.75, 3.05) is 18.4 Å². The van der Waals surface area contributed by atoms with Gasteiger partial charge in [0.2, 0.25) is 0 Å². The molecule has 0 saturated carbocycles. The van der Waals surface area contributed by atoms with Crippen LogP contribution in [0.15, 0.2) is 42.5 Å². The van der Waals surface area contributed by atoms with E-state index in [1.54, 1.807) is 24.3 Å². The van der Waals surface area contributed by atoms with Gasteiger partial charge in [0.15, 0.2) is 0 Å². The zero-order valence-electron chi connectivity index (χ0n) is 14.4. The lowest BCUT2D eigenvalue weighted by molar-refractivity contribution is -0.134. The second-order valence-electron chi connectivity index (χ2n) is 6.09. The van der Waals surface area contributed by atoms with Crippen molar-refractivity contribution in [1.82, 2.24) is 5.32 Å². The molecule has 6 nitrogen and oxygen atoms in total. The molecule has 2 atom stereocenters. The number of phenolic OH excluding ortho intramolecular Hbond substituents is 1. The number of halogens is 1. The summed E-state index contributed by atoms with van der Waals surface area (Å²) in [7, 11) is 0. The smallest absolute Gasteiger partial charge is 0.322 e. The van der Waals surface area contributed by atoms with Crippen molar-refractivity contribution >= 4 is 34.2 Å². The van der Waals surface area contributed by atoms with E-state index in [1.807, 2.05) is 25.1 Å².